The Hall–Kier alpha value is -1.65. The van der Waals surface area contributed by atoms with Crippen molar-refractivity contribution in [3.05, 3.63) is 81.9 Å². The van der Waals surface area contributed by atoms with Crippen molar-refractivity contribution >= 4 is 27.3 Å². The molecule has 2 atom stereocenters. The average Bonchev–Trinajstić information content (AvgIpc) is 3.08. The molecule has 4 rings (SSSR count). The molecule has 0 aromatic heterocycles. The molecule has 152 valence electrons. The second-order valence-corrected chi connectivity index (χ2v) is 21.9. The zero-order valence-corrected chi connectivity index (χ0v) is 21.5. The lowest BCUT2D eigenvalue weighted by molar-refractivity contribution is 0.928. The van der Waals surface area contributed by atoms with Crippen LogP contribution in [0, 0.1) is 0 Å². The number of hydrogen-bond acceptors (Lipinski definition) is 0. The molecule has 2 aromatic rings. The molecule has 0 aliphatic heterocycles. The fourth-order valence-electron chi connectivity index (χ4n) is 5.99. The summed E-state index contributed by atoms with van der Waals surface area (Å²) in [6, 6.07) is 18.4. The maximum atomic E-state index is 2.55. The van der Waals surface area contributed by atoms with E-state index in [2.05, 4.69) is 102 Å². The predicted molar refractivity (Wildman–Crippen MR) is 135 cm³/mol. The van der Waals surface area contributed by atoms with Gasteiger partial charge in [-0.15, -0.1) is 0 Å². The second kappa shape index (κ2) is 6.95. The van der Waals surface area contributed by atoms with Crippen molar-refractivity contribution < 1.29 is 0 Å². The zero-order valence-electron chi connectivity index (χ0n) is 19.5. The Morgan fingerprint density at radius 2 is 0.931 bits per heavy atom. The normalized spacial score (nSPS) is 21.7. The smallest absolute Gasteiger partial charge is 0.0569 e. The lowest BCUT2D eigenvalue weighted by Crippen LogP contribution is -2.33. The van der Waals surface area contributed by atoms with Crippen LogP contribution in [0.3, 0.4) is 0 Å². The van der Waals surface area contributed by atoms with Crippen molar-refractivity contribution in [1.29, 1.82) is 0 Å². The summed E-state index contributed by atoms with van der Waals surface area (Å²) in [5, 5.41) is 0. The van der Waals surface area contributed by atoms with Gasteiger partial charge in [0.15, 0.2) is 0 Å². The first-order chi connectivity index (χ1) is 13.5. The monoisotopic (exact) mass is 416 g/mol. The van der Waals surface area contributed by atoms with Crippen LogP contribution >= 0.6 is 0 Å². The molecule has 0 spiro atoms. The van der Waals surface area contributed by atoms with E-state index >= 15 is 0 Å². The molecule has 0 bridgehead atoms. The van der Waals surface area contributed by atoms with Crippen LogP contribution in [-0.4, -0.2) is 16.1 Å². The fraction of sp³-hybridized carbons (Fsp3) is 0.407. The summed E-state index contributed by atoms with van der Waals surface area (Å²) in [6.45, 7) is 20.1. The van der Waals surface area contributed by atoms with Crippen LogP contribution in [0.2, 0.25) is 39.3 Å². The predicted octanol–water partition coefficient (Wildman–Crippen LogP) is 8.27. The lowest BCUT2D eigenvalue weighted by atomic mass is 9.97. The van der Waals surface area contributed by atoms with Crippen LogP contribution in [0.5, 0.6) is 0 Å². The van der Waals surface area contributed by atoms with E-state index in [-0.39, 0.29) is 0 Å². The van der Waals surface area contributed by atoms with Gasteiger partial charge in [0, 0.05) is 11.1 Å². The molecule has 0 saturated carbocycles. The molecular weight excluding hydrogens is 380 g/mol. The largest absolute Gasteiger partial charge is 0.0688 e. The van der Waals surface area contributed by atoms with Crippen molar-refractivity contribution in [3.8, 4) is 0 Å². The van der Waals surface area contributed by atoms with E-state index in [1.807, 2.05) is 0 Å². The molecule has 2 unspecified atom stereocenters. The average molecular weight is 417 g/mol. The van der Waals surface area contributed by atoms with Crippen molar-refractivity contribution in [2.75, 3.05) is 0 Å². The second-order valence-electron chi connectivity index (χ2n) is 11.2. The summed E-state index contributed by atoms with van der Waals surface area (Å²) in [6.07, 6.45) is 1.16. The van der Waals surface area contributed by atoms with Crippen molar-refractivity contribution in [1.82, 2.24) is 0 Å². The highest BCUT2D eigenvalue weighted by atomic mass is 28.3. The molecule has 2 aliphatic rings. The molecule has 0 N–H and O–H groups in total. The van der Waals surface area contributed by atoms with Gasteiger partial charge in [-0.3, -0.25) is 0 Å². The van der Waals surface area contributed by atoms with Gasteiger partial charge in [-0.05, 0) is 53.7 Å². The minimum absolute atomic E-state index is 0.644. The van der Waals surface area contributed by atoms with E-state index in [4.69, 9.17) is 0 Å². The van der Waals surface area contributed by atoms with Gasteiger partial charge in [-0.1, -0.05) is 99.0 Å². The zero-order chi connectivity index (χ0) is 21.1. The van der Waals surface area contributed by atoms with E-state index in [0.29, 0.717) is 11.1 Å². The summed E-state index contributed by atoms with van der Waals surface area (Å²) in [7, 11) is -2.78. The van der Waals surface area contributed by atoms with Gasteiger partial charge in [0.2, 0.25) is 0 Å². The van der Waals surface area contributed by atoms with E-state index in [0.717, 1.165) is 6.42 Å². The molecule has 0 fully saturated rings. The van der Waals surface area contributed by atoms with Gasteiger partial charge in [0.25, 0.3) is 0 Å². The summed E-state index contributed by atoms with van der Waals surface area (Å²) in [4.78, 5) is 0. The fourth-order valence-corrected chi connectivity index (χ4v) is 11.1. The molecule has 0 nitrogen and oxygen atoms in total. The molecular formula is C27H36Si2. The minimum atomic E-state index is -1.39. The highest BCUT2D eigenvalue weighted by Crippen LogP contribution is 2.54. The summed E-state index contributed by atoms with van der Waals surface area (Å²) < 4.78 is 0. The third-order valence-corrected chi connectivity index (χ3v) is 11.9. The van der Waals surface area contributed by atoms with E-state index in [9.17, 15) is 0 Å². The molecule has 2 heteroatoms. The molecule has 0 amide bonds. The van der Waals surface area contributed by atoms with Gasteiger partial charge in [0.1, 0.15) is 0 Å². The Balaban J connectivity index is 1.85. The number of fused-ring (bicyclic) bond motifs is 2. The maximum Gasteiger partial charge on any atom is 0.0569 e. The van der Waals surface area contributed by atoms with E-state index < -0.39 is 16.1 Å². The highest BCUT2D eigenvalue weighted by Gasteiger charge is 2.42. The number of benzene rings is 2. The number of hydrogen-bond donors (Lipinski definition) is 0. The van der Waals surface area contributed by atoms with Crippen molar-refractivity contribution in [2.24, 2.45) is 0 Å². The van der Waals surface area contributed by atoms with Gasteiger partial charge in [0.05, 0.1) is 16.1 Å². The summed E-state index contributed by atoms with van der Waals surface area (Å²) in [5.41, 5.74) is 14.0. The lowest BCUT2D eigenvalue weighted by Gasteiger charge is -2.33. The Morgan fingerprint density at radius 1 is 0.586 bits per heavy atom. The van der Waals surface area contributed by atoms with Crippen LogP contribution < -0.4 is 0 Å². The van der Waals surface area contributed by atoms with Crippen molar-refractivity contribution in [3.63, 3.8) is 0 Å². The number of allylic oxidation sites excluding steroid dienone is 4. The molecule has 2 aromatic carbocycles. The standard InChI is InChI=1S/C27H36Si2/c1-18-20-13-9-11-15-22(20)26(28(3,4)5)24(18)17-25-19(2)21-14-10-12-16-23(21)27(25)29(6,7)8/h9-16,26-27H,17H2,1-8H3. The minimum Gasteiger partial charge on any atom is -0.0688 e. The third kappa shape index (κ3) is 3.35. The van der Waals surface area contributed by atoms with Crippen LogP contribution in [0.15, 0.2) is 59.7 Å². The van der Waals surface area contributed by atoms with Gasteiger partial charge in [-0.25, -0.2) is 0 Å². The van der Waals surface area contributed by atoms with Gasteiger partial charge < -0.3 is 0 Å². The molecule has 2 aliphatic carbocycles. The Kier molecular flexibility index (Phi) is 4.95. The van der Waals surface area contributed by atoms with Gasteiger partial charge >= 0.3 is 0 Å². The van der Waals surface area contributed by atoms with Crippen molar-refractivity contribution in [2.45, 2.75) is 70.6 Å². The molecule has 29 heavy (non-hydrogen) atoms. The topological polar surface area (TPSA) is 0 Å². The first kappa shape index (κ1) is 20.6. The quantitative estimate of drug-likeness (QED) is 0.440. The maximum absolute atomic E-state index is 2.55. The third-order valence-electron chi connectivity index (χ3n) is 7.12. The molecule has 0 heterocycles. The Labute approximate surface area is 179 Å². The molecule has 0 saturated heterocycles. The Bertz CT molecular complexity index is 941. The van der Waals surface area contributed by atoms with Crippen LogP contribution in [0.25, 0.3) is 11.1 Å². The molecule has 0 radical (unpaired) electrons. The number of rotatable bonds is 4. The van der Waals surface area contributed by atoms with Gasteiger partial charge in [-0.2, -0.15) is 0 Å². The Morgan fingerprint density at radius 3 is 1.28 bits per heavy atom. The SMILES string of the molecule is CC1=C(CC2=C(C)c3ccccc3C2[Si](C)(C)C)C([Si](C)(C)C)c2ccccc21. The summed E-state index contributed by atoms with van der Waals surface area (Å²) in [5.74, 6) is 0. The first-order valence-corrected chi connectivity index (χ1v) is 18.2. The highest BCUT2D eigenvalue weighted by molar-refractivity contribution is 6.79. The first-order valence-electron chi connectivity index (χ1n) is 11.1. The van der Waals surface area contributed by atoms with E-state index in [1.165, 1.54) is 11.1 Å². The van der Waals surface area contributed by atoms with Crippen LogP contribution in [0.1, 0.15) is 53.6 Å². The van der Waals surface area contributed by atoms with Crippen LogP contribution in [-0.2, 0) is 0 Å². The van der Waals surface area contributed by atoms with E-state index in [1.54, 1.807) is 33.4 Å². The summed E-state index contributed by atoms with van der Waals surface area (Å²) >= 11 is 0. The van der Waals surface area contributed by atoms with Crippen LogP contribution in [0.4, 0.5) is 0 Å².